The van der Waals surface area contributed by atoms with Crippen LogP contribution in [0, 0.1) is 6.92 Å². The molecule has 186 valence electrons. The molecule has 0 unspecified atom stereocenters. The van der Waals surface area contributed by atoms with Crippen LogP contribution in [-0.2, 0) is 27.4 Å². The summed E-state index contributed by atoms with van der Waals surface area (Å²) in [5.74, 6) is -0.640. The van der Waals surface area contributed by atoms with Crippen LogP contribution in [0.4, 0.5) is 18.9 Å². The number of nitrogens with one attached hydrogen (secondary N) is 1. The molecule has 0 bridgehead atoms. The number of hydrogen-bond acceptors (Lipinski definition) is 3. The normalized spacial score (nSPS) is 12.3. The van der Waals surface area contributed by atoms with Crippen molar-refractivity contribution in [2.45, 2.75) is 43.8 Å². The summed E-state index contributed by atoms with van der Waals surface area (Å²) >= 11 is 0. The Bertz CT molecular complexity index is 1270. The summed E-state index contributed by atoms with van der Waals surface area (Å²) in [5.41, 5.74) is -0.207. The van der Waals surface area contributed by atoms with E-state index < -0.39 is 39.8 Å². The molecule has 9 heteroatoms. The van der Waals surface area contributed by atoms with Crippen LogP contribution in [-0.4, -0.2) is 26.4 Å². The average Bonchev–Trinajstić information content (AvgIpc) is 2.77. The van der Waals surface area contributed by atoms with E-state index in [0.717, 1.165) is 29.3 Å². The Morgan fingerprint density at radius 2 is 1.54 bits per heavy atom. The number of aryl methyl sites for hydroxylation is 1. The molecule has 0 aliphatic heterocycles. The maximum absolute atomic E-state index is 13.5. The van der Waals surface area contributed by atoms with Crippen LogP contribution in [0.2, 0.25) is 0 Å². The summed E-state index contributed by atoms with van der Waals surface area (Å²) in [6, 6.07) is 19.3. The molecule has 3 rings (SSSR count). The van der Waals surface area contributed by atoms with Crippen LogP contribution in [0.15, 0.2) is 83.8 Å². The van der Waals surface area contributed by atoms with E-state index in [2.05, 4.69) is 5.32 Å². The summed E-state index contributed by atoms with van der Waals surface area (Å²) in [4.78, 5) is 12.9. The van der Waals surface area contributed by atoms with Crippen LogP contribution in [0.5, 0.6) is 0 Å². The molecule has 0 spiro atoms. The minimum absolute atomic E-state index is 0.128. The first-order valence-corrected chi connectivity index (χ1v) is 12.3. The van der Waals surface area contributed by atoms with Crippen LogP contribution < -0.4 is 9.62 Å². The molecular formula is C26H27F3N2O3S. The minimum Gasteiger partial charge on any atom is -0.349 e. The predicted octanol–water partition coefficient (Wildman–Crippen LogP) is 5.35. The van der Waals surface area contributed by atoms with E-state index >= 15 is 0 Å². The Hall–Kier alpha value is -3.33. The molecule has 3 aromatic rings. The Balaban J connectivity index is 1.94. The monoisotopic (exact) mass is 504 g/mol. The summed E-state index contributed by atoms with van der Waals surface area (Å²) in [5, 5.41) is 2.82. The van der Waals surface area contributed by atoms with Gasteiger partial charge < -0.3 is 5.32 Å². The molecular weight excluding hydrogens is 477 g/mol. The number of amides is 1. The minimum atomic E-state index is -4.67. The third kappa shape index (κ3) is 6.85. The Labute approximate surface area is 203 Å². The number of alkyl halides is 3. The van der Waals surface area contributed by atoms with Gasteiger partial charge in [0.25, 0.3) is 10.0 Å². The van der Waals surface area contributed by atoms with Gasteiger partial charge in [-0.05, 0) is 63.1 Å². The van der Waals surface area contributed by atoms with E-state index in [1.54, 1.807) is 32.9 Å². The van der Waals surface area contributed by atoms with E-state index in [0.29, 0.717) is 10.7 Å². The van der Waals surface area contributed by atoms with Crippen LogP contribution >= 0.6 is 0 Å². The second kappa shape index (κ2) is 10.1. The van der Waals surface area contributed by atoms with Gasteiger partial charge in [0, 0.05) is 5.54 Å². The van der Waals surface area contributed by atoms with Crippen molar-refractivity contribution in [2.24, 2.45) is 0 Å². The summed E-state index contributed by atoms with van der Waals surface area (Å²) in [6.07, 6.45) is -4.19. The lowest BCUT2D eigenvalue weighted by Crippen LogP contribution is -2.50. The summed E-state index contributed by atoms with van der Waals surface area (Å²) in [7, 11) is -4.34. The Morgan fingerprint density at radius 3 is 2.14 bits per heavy atom. The van der Waals surface area contributed by atoms with E-state index in [1.807, 2.05) is 30.3 Å². The molecule has 0 radical (unpaired) electrons. The fourth-order valence-electron chi connectivity index (χ4n) is 3.69. The number of carbonyl (C=O) groups excluding carboxylic acids is 1. The topological polar surface area (TPSA) is 66.5 Å². The molecule has 0 aliphatic carbocycles. The van der Waals surface area contributed by atoms with E-state index in [4.69, 9.17) is 0 Å². The van der Waals surface area contributed by atoms with Crippen molar-refractivity contribution in [3.63, 3.8) is 0 Å². The zero-order valence-corrected chi connectivity index (χ0v) is 20.5. The van der Waals surface area contributed by atoms with Crippen LogP contribution in [0.1, 0.15) is 30.5 Å². The number of sulfonamides is 1. The number of carbonyl (C=O) groups is 1. The summed E-state index contributed by atoms with van der Waals surface area (Å²) < 4.78 is 67.7. The van der Waals surface area contributed by atoms with Crippen molar-refractivity contribution in [1.29, 1.82) is 0 Å². The highest BCUT2D eigenvalue weighted by Crippen LogP contribution is 2.33. The Kier molecular flexibility index (Phi) is 7.59. The molecule has 5 nitrogen and oxygen atoms in total. The molecule has 1 amide bonds. The third-order valence-corrected chi connectivity index (χ3v) is 7.11. The predicted molar refractivity (Wildman–Crippen MR) is 130 cm³/mol. The van der Waals surface area contributed by atoms with Crippen molar-refractivity contribution >= 4 is 21.6 Å². The van der Waals surface area contributed by atoms with Gasteiger partial charge in [0.2, 0.25) is 5.91 Å². The zero-order chi connectivity index (χ0) is 25.9. The van der Waals surface area contributed by atoms with Crippen molar-refractivity contribution in [3.8, 4) is 0 Å². The molecule has 1 N–H and O–H groups in total. The fraction of sp³-hybridized carbons (Fsp3) is 0.269. The lowest BCUT2D eigenvalue weighted by atomic mass is 9.95. The first-order chi connectivity index (χ1) is 16.3. The molecule has 0 aliphatic rings. The Morgan fingerprint density at radius 1 is 0.914 bits per heavy atom. The van der Waals surface area contributed by atoms with Gasteiger partial charge in [0.15, 0.2) is 0 Å². The van der Waals surface area contributed by atoms with E-state index in [9.17, 15) is 26.4 Å². The average molecular weight is 505 g/mol. The highest BCUT2D eigenvalue weighted by molar-refractivity contribution is 7.92. The molecule has 0 atom stereocenters. The van der Waals surface area contributed by atoms with Gasteiger partial charge in [-0.2, -0.15) is 13.2 Å². The maximum atomic E-state index is 13.5. The third-order valence-electron chi connectivity index (χ3n) is 5.32. The number of halogens is 3. The molecule has 0 heterocycles. The first kappa shape index (κ1) is 26.3. The van der Waals surface area contributed by atoms with Crippen molar-refractivity contribution in [2.75, 3.05) is 10.8 Å². The summed E-state index contributed by atoms with van der Waals surface area (Å²) in [6.45, 7) is 4.68. The van der Waals surface area contributed by atoms with Gasteiger partial charge in [-0.25, -0.2) is 8.42 Å². The van der Waals surface area contributed by atoms with Gasteiger partial charge in [0.1, 0.15) is 6.54 Å². The van der Waals surface area contributed by atoms with E-state index in [-0.39, 0.29) is 10.6 Å². The van der Waals surface area contributed by atoms with Crippen molar-refractivity contribution < 1.29 is 26.4 Å². The molecule has 0 fully saturated rings. The van der Waals surface area contributed by atoms with Gasteiger partial charge in [0.05, 0.1) is 16.1 Å². The molecule has 0 aromatic heterocycles. The van der Waals surface area contributed by atoms with Crippen molar-refractivity contribution in [1.82, 2.24) is 5.32 Å². The van der Waals surface area contributed by atoms with Gasteiger partial charge in [-0.15, -0.1) is 0 Å². The van der Waals surface area contributed by atoms with Crippen LogP contribution in [0.25, 0.3) is 0 Å². The maximum Gasteiger partial charge on any atom is 0.416 e. The number of rotatable bonds is 8. The highest BCUT2D eigenvalue weighted by Gasteiger charge is 2.34. The van der Waals surface area contributed by atoms with Gasteiger partial charge in [-0.3, -0.25) is 9.10 Å². The molecule has 3 aromatic carbocycles. The van der Waals surface area contributed by atoms with Crippen LogP contribution in [0.3, 0.4) is 0 Å². The number of hydrogen-bond donors (Lipinski definition) is 1. The standard InChI is InChI=1S/C26H27F3N2O3S/c1-19-12-14-23(15-13-19)35(33,34)31(22-11-7-10-21(16-22)26(27,28)29)18-24(32)30-25(2,3)17-20-8-5-4-6-9-20/h4-16H,17-18H2,1-3H3,(H,30,32). The number of benzene rings is 3. The smallest absolute Gasteiger partial charge is 0.349 e. The second-order valence-corrected chi connectivity index (χ2v) is 10.8. The lowest BCUT2D eigenvalue weighted by Gasteiger charge is -2.30. The number of anilines is 1. The van der Waals surface area contributed by atoms with E-state index in [1.165, 1.54) is 18.2 Å². The van der Waals surface area contributed by atoms with Crippen molar-refractivity contribution in [3.05, 3.63) is 95.6 Å². The van der Waals surface area contributed by atoms with Gasteiger partial charge >= 0.3 is 6.18 Å². The largest absolute Gasteiger partial charge is 0.416 e. The first-order valence-electron chi connectivity index (χ1n) is 10.9. The zero-order valence-electron chi connectivity index (χ0n) is 19.6. The molecule has 35 heavy (non-hydrogen) atoms. The quantitative estimate of drug-likeness (QED) is 0.450. The lowest BCUT2D eigenvalue weighted by molar-refractivity contribution is -0.137. The fourth-order valence-corrected chi connectivity index (χ4v) is 5.10. The number of nitrogens with zero attached hydrogens (tertiary/aromatic N) is 1. The van der Waals surface area contributed by atoms with Gasteiger partial charge in [-0.1, -0.05) is 54.1 Å². The second-order valence-electron chi connectivity index (χ2n) is 8.97. The molecule has 0 saturated carbocycles. The molecule has 0 saturated heterocycles. The highest BCUT2D eigenvalue weighted by atomic mass is 32.2. The SMILES string of the molecule is Cc1ccc(S(=O)(=O)N(CC(=O)NC(C)(C)Cc2ccccc2)c2cccc(C(F)(F)F)c2)cc1.